The predicted octanol–water partition coefficient (Wildman–Crippen LogP) is 2.28. The lowest BCUT2D eigenvalue weighted by atomic mass is 10.0. The van der Waals surface area contributed by atoms with Crippen molar-refractivity contribution < 1.29 is 4.74 Å². The molecule has 0 spiro atoms. The van der Waals surface area contributed by atoms with E-state index in [0.717, 1.165) is 37.5 Å². The lowest BCUT2D eigenvalue weighted by Gasteiger charge is -2.18. The van der Waals surface area contributed by atoms with Gasteiger partial charge in [0.25, 0.3) is 0 Å². The molecule has 3 heterocycles. The second-order valence-corrected chi connectivity index (χ2v) is 4.47. The molecule has 0 aromatic carbocycles. The lowest BCUT2D eigenvalue weighted by Crippen LogP contribution is -2.16. The third-order valence-corrected chi connectivity index (χ3v) is 3.08. The van der Waals surface area contributed by atoms with Crippen LogP contribution in [0.2, 0.25) is 5.02 Å². The highest BCUT2D eigenvalue weighted by atomic mass is 35.5. The Labute approximate surface area is 98.2 Å². The summed E-state index contributed by atoms with van der Waals surface area (Å²) < 4.78 is 7.20. The Morgan fingerprint density at radius 2 is 2.44 bits per heavy atom. The molecule has 1 aliphatic rings. The monoisotopic (exact) mass is 237 g/mol. The molecule has 0 saturated carbocycles. The van der Waals surface area contributed by atoms with Crippen LogP contribution < -0.4 is 0 Å². The summed E-state index contributed by atoms with van der Waals surface area (Å²) in [6.45, 7) is 1.58. The van der Waals surface area contributed by atoms with Crippen molar-refractivity contribution in [3.05, 3.63) is 29.2 Å². The largest absolute Gasteiger partial charge is 0.381 e. The number of ether oxygens (including phenoxy) is 1. The second-order valence-electron chi connectivity index (χ2n) is 4.03. The zero-order valence-electron chi connectivity index (χ0n) is 8.77. The first kappa shape index (κ1) is 10.1. The third kappa shape index (κ3) is 1.79. The number of pyridine rings is 1. The summed E-state index contributed by atoms with van der Waals surface area (Å²) in [5, 5.41) is 5.13. The lowest BCUT2D eigenvalue weighted by molar-refractivity contribution is 0.0781. The normalized spacial score (nSPS) is 21.4. The molecule has 0 amide bonds. The first-order chi connectivity index (χ1) is 7.83. The summed E-state index contributed by atoms with van der Waals surface area (Å²) in [6, 6.07) is 3.63. The van der Waals surface area contributed by atoms with Crippen LogP contribution in [0.3, 0.4) is 0 Å². The fraction of sp³-hybridized carbons (Fsp3) is 0.455. The molecule has 4 nitrogen and oxygen atoms in total. The van der Waals surface area contributed by atoms with Crippen molar-refractivity contribution in [2.24, 2.45) is 0 Å². The van der Waals surface area contributed by atoms with E-state index >= 15 is 0 Å². The molecule has 2 aromatic rings. The molecule has 1 saturated heterocycles. The number of nitrogens with zero attached hydrogens (tertiary/aromatic N) is 3. The first-order valence-corrected chi connectivity index (χ1v) is 5.80. The average Bonchev–Trinajstić information content (AvgIpc) is 2.73. The van der Waals surface area contributed by atoms with E-state index in [1.54, 1.807) is 4.52 Å². The number of aromatic nitrogens is 3. The van der Waals surface area contributed by atoms with Crippen LogP contribution in [0.15, 0.2) is 18.3 Å². The maximum Gasteiger partial charge on any atom is 0.157 e. The Balaban J connectivity index is 1.97. The van der Waals surface area contributed by atoms with Gasteiger partial charge in [-0.1, -0.05) is 11.6 Å². The molecule has 0 radical (unpaired) electrons. The molecule has 84 valence electrons. The smallest absolute Gasteiger partial charge is 0.157 e. The topological polar surface area (TPSA) is 39.4 Å². The zero-order valence-corrected chi connectivity index (χ0v) is 9.52. The summed E-state index contributed by atoms with van der Waals surface area (Å²) in [7, 11) is 0. The molecule has 0 N–H and O–H groups in total. The van der Waals surface area contributed by atoms with Crippen molar-refractivity contribution in [3.63, 3.8) is 0 Å². The van der Waals surface area contributed by atoms with Crippen LogP contribution >= 0.6 is 11.6 Å². The van der Waals surface area contributed by atoms with Crippen LogP contribution in [0.4, 0.5) is 0 Å². The van der Waals surface area contributed by atoms with E-state index in [9.17, 15) is 0 Å². The van der Waals surface area contributed by atoms with E-state index in [-0.39, 0.29) is 0 Å². The molecule has 0 bridgehead atoms. The van der Waals surface area contributed by atoms with Gasteiger partial charge >= 0.3 is 0 Å². The first-order valence-electron chi connectivity index (χ1n) is 5.42. The summed E-state index contributed by atoms with van der Waals surface area (Å²) in [4.78, 5) is 4.48. The summed E-state index contributed by atoms with van der Waals surface area (Å²) in [6.07, 6.45) is 4.02. The Morgan fingerprint density at radius 3 is 3.25 bits per heavy atom. The van der Waals surface area contributed by atoms with E-state index in [2.05, 4.69) is 10.1 Å². The molecule has 1 atom stereocenters. The van der Waals surface area contributed by atoms with Crippen molar-refractivity contribution in [1.29, 1.82) is 0 Å². The minimum Gasteiger partial charge on any atom is -0.381 e. The van der Waals surface area contributed by atoms with Crippen molar-refractivity contribution >= 4 is 17.2 Å². The van der Waals surface area contributed by atoms with Crippen LogP contribution in [-0.4, -0.2) is 27.8 Å². The molecular weight excluding hydrogens is 226 g/mol. The van der Waals surface area contributed by atoms with E-state index < -0.39 is 0 Å². The van der Waals surface area contributed by atoms with Gasteiger partial charge in [0, 0.05) is 29.8 Å². The van der Waals surface area contributed by atoms with Gasteiger partial charge in [0.1, 0.15) is 0 Å². The third-order valence-electron chi connectivity index (χ3n) is 2.84. The molecule has 16 heavy (non-hydrogen) atoms. The molecule has 1 fully saturated rings. The van der Waals surface area contributed by atoms with E-state index in [0.29, 0.717) is 10.9 Å². The molecule has 5 heteroatoms. The van der Waals surface area contributed by atoms with Crippen LogP contribution in [0.1, 0.15) is 24.6 Å². The van der Waals surface area contributed by atoms with Gasteiger partial charge in [-0.15, -0.1) is 0 Å². The molecule has 3 rings (SSSR count). The minimum absolute atomic E-state index is 0.326. The predicted molar refractivity (Wildman–Crippen MR) is 60.8 cm³/mol. The van der Waals surface area contributed by atoms with Gasteiger partial charge in [-0.05, 0) is 18.9 Å². The molecule has 0 aliphatic carbocycles. The van der Waals surface area contributed by atoms with E-state index in [4.69, 9.17) is 16.3 Å². The summed E-state index contributed by atoms with van der Waals surface area (Å²) >= 11 is 5.91. The Kier molecular flexibility index (Phi) is 2.53. The van der Waals surface area contributed by atoms with Crippen molar-refractivity contribution in [1.82, 2.24) is 14.6 Å². The Bertz CT molecular complexity index is 505. The highest BCUT2D eigenvalue weighted by molar-refractivity contribution is 6.30. The SMILES string of the molecule is Clc1ccn2nc(C3CCCOC3)nc2c1. The van der Waals surface area contributed by atoms with E-state index in [1.807, 2.05) is 18.3 Å². The van der Waals surface area contributed by atoms with Crippen molar-refractivity contribution in [2.75, 3.05) is 13.2 Å². The van der Waals surface area contributed by atoms with Gasteiger partial charge < -0.3 is 4.74 Å². The van der Waals surface area contributed by atoms with Crippen LogP contribution in [0, 0.1) is 0 Å². The number of hydrogen-bond donors (Lipinski definition) is 0. The molecule has 1 unspecified atom stereocenters. The summed E-state index contributed by atoms with van der Waals surface area (Å²) in [5.74, 6) is 1.19. The van der Waals surface area contributed by atoms with Gasteiger partial charge in [-0.25, -0.2) is 9.50 Å². The van der Waals surface area contributed by atoms with Crippen LogP contribution in [0.5, 0.6) is 0 Å². The van der Waals surface area contributed by atoms with Crippen molar-refractivity contribution in [2.45, 2.75) is 18.8 Å². The fourth-order valence-electron chi connectivity index (χ4n) is 1.99. The standard InChI is InChI=1S/C11H12ClN3O/c12-9-3-4-15-10(6-9)13-11(14-15)8-2-1-5-16-7-8/h3-4,6,8H,1-2,5,7H2. The number of hydrogen-bond acceptors (Lipinski definition) is 3. The van der Waals surface area contributed by atoms with Gasteiger partial charge in [-0.3, -0.25) is 0 Å². The Morgan fingerprint density at radius 1 is 1.50 bits per heavy atom. The molecular formula is C11H12ClN3O. The zero-order chi connectivity index (χ0) is 11.0. The maximum atomic E-state index is 5.91. The van der Waals surface area contributed by atoms with Gasteiger partial charge in [0.2, 0.25) is 0 Å². The quantitative estimate of drug-likeness (QED) is 0.764. The van der Waals surface area contributed by atoms with Gasteiger partial charge in [-0.2, -0.15) is 5.10 Å². The number of rotatable bonds is 1. The molecule has 1 aliphatic heterocycles. The molecule has 2 aromatic heterocycles. The summed E-state index contributed by atoms with van der Waals surface area (Å²) in [5.41, 5.74) is 0.799. The average molecular weight is 238 g/mol. The van der Waals surface area contributed by atoms with Crippen LogP contribution in [-0.2, 0) is 4.74 Å². The van der Waals surface area contributed by atoms with Gasteiger partial charge in [0.05, 0.1) is 6.61 Å². The van der Waals surface area contributed by atoms with Crippen molar-refractivity contribution in [3.8, 4) is 0 Å². The van der Waals surface area contributed by atoms with Gasteiger partial charge in [0.15, 0.2) is 11.5 Å². The highest BCUT2D eigenvalue weighted by Gasteiger charge is 2.20. The number of halogens is 1. The highest BCUT2D eigenvalue weighted by Crippen LogP contribution is 2.23. The van der Waals surface area contributed by atoms with E-state index in [1.165, 1.54) is 0 Å². The Hall–Kier alpha value is -1.13. The second kappa shape index (κ2) is 4.03. The maximum absolute atomic E-state index is 5.91. The number of fused-ring (bicyclic) bond motifs is 1. The fourth-order valence-corrected chi connectivity index (χ4v) is 2.15. The van der Waals surface area contributed by atoms with Crippen LogP contribution in [0.25, 0.3) is 5.65 Å². The minimum atomic E-state index is 0.326.